The average molecular weight is 543 g/mol. The van der Waals surface area contributed by atoms with E-state index >= 15 is 0 Å². The first-order valence-electron chi connectivity index (χ1n) is 12.5. The SMILES string of the molecule is CCOC(=O)/C(=C\C(=O)OC)[C@H](OCc1ccc(OC)cc1)[C@H]1OC(C)(C)O[C@H]1COC(=O)c1ccccc1. The molecule has 1 fully saturated rings. The highest BCUT2D eigenvalue weighted by atomic mass is 16.8. The Morgan fingerprint density at radius 3 is 2.28 bits per heavy atom. The summed E-state index contributed by atoms with van der Waals surface area (Å²) >= 11 is 0. The minimum Gasteiger partial charge on any atom is -0.497 e. The van der Waals surface area contributed by atoms with Crippen LogP contribution in [0.2, 0.25) is 0 Å². The normalized spacial score (nSPS) is 19.2. The summed E-state index contributed by atoms with van der Waals surface area (Å²) in [6, 6.07) is 15.7. The lowest BCUT2D eigenvalue weighted by Gasteiger charge is -2.28. The predicted octanol–water partition coefficient (Wildman–Crippen LogP) is 3.62. The van der Waals surface area contributed by atoms with Crippen LogP contribution in [0.3, 0.4) is 0 Å². The summed E-state index contributed by atoms with van der Waals surface area (Å²) in [5.41, 5.74) is 1.02. The van der Waals surface area contributed by atoms with Crippen molar-refractivity contribution in [3.05, 3.63) is 77.4 Å². The first-order valence-corrected chi connectivity index (χ1v) is 12.5. The van der Waals surface area contributed by atoms with Crippen molar-refractivity contribution in [2.24, 2.45) is 0 Å². The Balaban J connectivity index is 1.92. The van der Waals surface area contributed by atoms with Gasteiger partial charge in [-0.25, -0.2) is 14.4 Å². The van der Waals surface area contributed by atoms with Crippen LogP contribution in [0.1, 0.15) is 36.7 Å². The molecule has 0 N–H and O–H groups in total. The maximum absolute atomic E-state index is 13.0. The van der Waals surface area contributed by atoms with Crippen LogP contribution in [0.25, 0.3) is 0 Å². The second kappa shape index (κ2) is 13.9. The van der Waals surface area contributed by atoms with Crippen LogP contribution in [-0.4, -0.2) is 69.4 Å². The van der Waals surface area contributed by atoms with Crippen LogP contribution in [0, 0.1) is 0 Å². The molecule has 0 radical (unpaired) electrons. The summed E-state index contributed by atoms with van der Waals surface area (Å²) < 4.78 is 39.1. The zero-order chi connectivity index (χ0) is 28.4. The fraction of sp³-hybridized carbons (Fsp3) is 0.414. The first-order chi connectivity index (χ1) is 18.7. The second-order valence-corrected chi connectivity index (χ2v) is 9.03. The number of carbonyl (C=O) groups is 3. The Labute approximate surface area is 227 Å². The van der Waals surface area contributed by atoms with Crippen LogP contribution in [0.5, 0.6) is 5.75 Å². The molecule has 0 unspecified atom stereocenters. The van der Waals surface area contributed by atoms with E-state index in [1.54, 1.807) is 82.5 Å². The molecule has 0 amide bonds. The summed E-state index contributed by atoms with van der Waals surface area (Å²) in [6.07, 6.45) is -1.93. The molecule has 0 spiro atoms. The summed E-state index contributed by atoms with van der Waals surface area (Å²) in [4.78, 5) is 37.9. The van der Waals surface area contributed by atoms with Gasteiger partial charge in [0.05, 0.1) is 38.6 Å². The van der Waals surface area contributed by atoms with Crippen molar-refractivity contribution in [1.29, 1.82) is 0 Å². The van der Waals surface area contributed by atoms with Crippen LogP contribution in [0.4, 0.5) is 0 Å². The monoisotopic (exact) mass is 542 g/mol. The second-order valence-electron chi connectivity index (χ2n) is 9.03. The maximum Gasteiger partial charge on any atom is 0.338 e. The molecule has 0 aliphatic carbocycles. The van der Waals surface area contributed by atoms with E-state index in [1.165, 1.54) is 7.11 Å². The standard InChI is InChI=1S/C29H34O10/c1-6-35-28(32)22(16-24(30)34-5)25(36-17-19-12-14-21(33-4)15-13-19)26-23(38-29(2,3)39-26)18-37-27(31)20-10-8-7-9-11-20/h7-16,23,25-26H,6,17-18H2,1-5H3/b22-16-/t23-,25-,26-/m0/s1. The maximum atomic E-state index is 13.0. The Morgan fingerprint density at radius 2 is 1.67 bits per heavy atom. The van der Waals surface area contributed by atoms with Gasteiger partial charge in [-0.1, -0.05) is 30.3 Å². The average Bonchev–Trinajstić information content (AvgIpc) is 3.25. The van der Waals surface area contributed by atoms with Crippen LogP contribution < -0.4 is 4.74 Å². The van der Waals surface area contributed by atoms with Gasteiger partial charge in [-0.15, -0.1) is 0 Å². The van der Waals surface area contributed by atoms with E-state index in [0.29, 0.717) is 11.3 Å². The molecule has 2 aromatic carbocycles. The van der Waals surface area contributed by atoms with Gasteiger partial charge in [0, 0.05) is 6.08 Å². The molecule has 1 aliphatic heterocycles. The third kappa shape index (κ3) is 8.38. The molecule has 0 saturated carbocycles. The van der Waals surface area contributed by atoms with Crippen molar-refractivity contribution in [2.45, 2.75) is 51.5 Å². The molecular weight excluding hydrogens is 508 g/mol. The fourth-order valence-corrected chi connectivity index (χ4v) is 3.99. The fourth-order valence-electron chi connectivity index (χ4n) is 3.99. The third-order valence-corrected chi connectivity index (χ3v) is 5.79. The van der Waals surface area contributed by atoms with Crippen molar-refractivity contribution in [3.63, 3.8) is 0 Å². The number of ether oxygens (including phenoxy) is 7. The summed E-state index contributed by atoms with van der Waals surface area (Å²) in [7, 11) is 2.76. The van der Waals surface area contributed by atoms with Gasteiger partial charge in [0.15, 0.2) is 5.79 Å². The molecule has 0 bridgehead atoms. The lowest BCUT2D eigenvalue weighted by atomic mass is 9.99. The zero-order valence-electron chi connectivity index (χ0n) is 22.7. The number of rotatable bonds is 12. The summed E-state index contributed by atoms with van der Waals surface area (Å²) in [5.74, 6) is -2.55. The van der Waals surface area contributed by atoms with Gasteiger partial charge in [-0.3, -0.25) is 0 Å². The minimum absolute atomic E-state index is 0.0450. The first kappa shape index (κ1) is 29.8. The van der Waals surface area contributed by atoms with E-state index in [-0.39, 0.29) is 25.4 Å². The lowest BCUT2D eigenvalue weighted by molar-refractivity contribution is -0.161. The summed E-state index contributed by atoms with van der Waals surface area (Å²) in [5, 5.41) is 0. The quantitative estimate of drug-likeness (QED) is 0.224. The van der Waals surface area contributed by atoms with Gasteiger partial charge in [0.1, 0.15) is 30.7 Å². The van der Waals surface area contributed by atoms with Gasteiger partial charge in [0.25, 0.3) is 0 Å². The molecule has 2 aromatic rings. The Bertz CT molecular complexity index is 1140. The molecule has 1 saturated heterocycles. The van der Waals surface area contributed by atoms with Gasteiger partial charge < -0.3 is 33.2 Å². The highest BCUT2D eigenvalue weighted by Gasteiger charge is 2.49. The molecule has 0 aromatic heterocycles. The zero-order valence-corrected chi connectivity index (χ0v) is 22.7. The van der Waals surface area contributed by atoms with E-state index in [9.17, 15) is 14.4 Å². The van der Waals surface area contributed by atoms with E-state index in [1.807, 2.05) is 0 Å². The minimum atomic E-state index is -1.15. The van der Waals surface area contributed by atoms with Gasteiger partial charge in [-0.05, 0) is 50.6 Å². The van der Waals surface area contributed by atoms with Crippen molar-refractivity contribution in [1.82, 2.24) is 0 Å². The highest BCUT2D eigenvalue weighted by molar-refractivity contribution is 5.97. The van der Waals surface area contributed by atoms with Gasteiger partial charge in [-0.2, -0.15) is 0 Å². The number of methoxy groups -OCH3 is 2. The molecule has 210 valence electrons. The molecule has 3 rings (SSSR count). The largest absolute Gasteiger partial charge is 0.497 e. The van der Waals surface area contributed by atoms with E-state index in [4.69, 9.17) is 33.2 Å². The Morgan fingerprint density at radius 1 is 0.974 bits per heavy atom. The van der Waals surface area contributed by atoms with Crippen molar-refractivity contribution < 1.29 is 47.5 Å². The smallest absolute Gasteiger partial charge is 0.338 e. The van der Waals surface area contributed by atoms with Crippen LogP contribution in [0.15, 0.2) is 66.2 Å². The van der Waals surface area contributed by atoms with Crippen molar-refractivity contribution >= 4 is 17.9 Å². The molecule has 3 atom stereocenters. The van der Waals surface area contributed by atoms with Gasteiger partial charge >= 0.3 is 17.9 Å². The molecule has 10 heteroatoms. The van der Waals surface area contributed by atoms with Crippen LogP contribution in [-0.2, 0) is 44.6 Å². The number of esters is 3. The number of benzene rings is 2. The molecular formula is C29H34O10. The van der Waals surface area contributed by atoms with Crippen molar-refractivity contribution in [3.8, 4) is 5.75 Å². The lowest BCUT2D eigenvalue weighted by Crippen LogP contribution is -2.43. The Hall–Kier alpha value is -3.73. The van der Waals surface area contributed by atoms with Crippen LogP contribution >= 0.6 is 0 Å². The molecule has 1 heterocycles. The number of hydrogen-bond donors (Lipinski definition) is 0. The van der Waals surface area contributed by atoms with Crippen molar-refractivity contribution in [2.75, 3.05) is 27.4 Å². The molecule has 10 nitrogen and oxygen atoms in total. The van der Waals surface area contributed by atoms with E-state index in [2.05, 4.69) is 0 Å². The van der Waals surface area contributed by atoms with Gasteiger partial charge in [0.2, 0.25) is 0 Å². The topological polar surface area (TPSA) is 116 Å². The third-order valence-electron chi connectivity index (χ3n) is 5.79. The number of carbonyl (C=O) groups excluding carboxylic acids is 3. The Kier molecular flexibility index (Phi) is 10.6. The predicted molar refractivity (Wildman–Crippen MR) is 139 cm³/mol. The number of hydrogen-bond acceptors (Lipinski definition) is 10. The van der Waals surface area contributed by atoms with E-state index in [0.717, 1.165) is 11.6 Å². The van der Waals surface area contributed by atoms with E-state index < -0.39 is 42.0 Å². The highest BCUT2D eigenvalue weighted by Crippen LogP contribution is 2.34. The molecule has 1 aliphatic rings. The molecule has 39 heavy (non-hydrogen) atoms. The summed E-state index contributed by atoms with van der Waals surface area (Å²) in [6.45, 7) is 4.93.